The Bertz CT molecular complexity index is 492. The van der Waals surface area contributed by atoms with Crippen LogP contribution in [0.5, 0.6) is 0 Å². The van der Waals surface area contributed by atoms with E-state index in [0.29, 0.717) is 13.1 Å². The van der Waals surface area contributed by atoms with Crippen molar-refractivity contribution in [1.29, 1.82) is 0 Å². The second kappa shape index (κ2) is 6.47. The van der Waals surface area contributed by atoms with Crippen LogP contribution in [0.15, 0.2) is 16.9 Å². The van der Waals surface area contributed by atoms with Crippen molar-refractivity contribution in [3.05, 3.63) is 28.2 Å². The van der Waals surface area contributed by atoms with E-state index in [2.05, 4.69) is 10.4 Å². The number of carbonyl (C=O) groups excluding carboxylic acids is 1. The zero-order valence-corrected chi connectivity index (χ0v) is 11.1. The van der Waals surface area contributed by atoms with Crippen molar-refractivity contribution in [3.8, 4) is 0 Å². The standard InChI is InChI=1S/C13H19N3O3/c1-2-7-16-12(17)6-5-11(15-16)13(18)14-9-10-4-3-8-19-10/h5-6,10H,2-4,7-9H2,1H3,(H,14,18)/t10-/m1/s1. The fourth-order valence-electron chi connectivity index (χ4n) is 2.04. The average Bonchev–Trinajstić information content (AvgIpc) is 2.92. The smallest absolute Gasteiger partial charge is 0.271 e. The summed E-state index contributed by atoms with van der Waals surface area (Å²) in [6.07, 6.45) is 2.92. The number of amides is 1. The van der Waals surface area contributed by atoms with Crippen molar-refractivity contribution < 1.29 is 9.53 Å². The molecule has 1 aromatic rings. The number of rotatable bonds is 5. The molecular formula is C13H19N3O3. The van der Waals surface area contributed by atoms with Gasteiger partial charge >= 0.3 is 0 Å². The van der Waals surface area contributed by atoms with E-state index in [9.17, 15) is 9.59 Å². The molecule has 0 aliphatic carbocycles. The molecular weight excluding hydrogens is 246 g/mol. The van der Waals surface area contributed by atoms with Gasteiger partial charge in [0.2, 0.25) is 0 Å². The number of hydrogen-bond acceptors (Lipinski definition) is 4. The van der Waals surface area contributed by atoms with Gasteiger partial charge in [0.05, 0.1) is 6.10 Å². The monoisotopic (exact) mass is 265 g/mol. The first-order valence-corrected chi connectivity index (χ1v) is 6.68. The topological polar surface area (TPSA) is 73.2 Å². The molecule has 0 unspecified atom stereocenters. The summed E-state index contributed by atoms with van der Waals surface area (Å²) in [6, 6.07) is 2.84. The molecule has 2 rings (SSSR count). The predicted molar refractivity (Wildman–Crippen MR) is 70.1 cm³/mol. The number of nitrogens with one attached hydrogen (secondary N) is 1. The van der Waals surface area contributed by atoms with Crippen LogP contribution in [0.3, 0.4) is 0 Å². The molecule has 0 aromatic carbocycles. The molecule has 1 fully saturated rings. The number of ether oxygens (including phenoxy) is 1. The first-order valence-electron chi connectivity index (χ1n) is 6.68. The molecule has 1 N–H and O–H groups in total. The van der Waals surface area contributed by atoms with Gasteiger partial charge in [-0.15, -0.1) is 0 Å². The van der Waals surface area contributed by atoms with Crippen molar-refractivity contribution in [2.24, 2.45) is 0 Å². The van der Waals surface area contributed by atoms with Gasteiger partial charge in [-0.3, -0.25) is 9.59 Å². The highest BCUT2D eigenvalue weighted by atomic mass is 16.5. The van der Waals surface area contributed by atoms with E-state index in [1.54, 1.807) is 0 Å². The Morgan fingerprint density at radius 1 is 1.58 bits per heavy atom. The van der Waals surface area contributed by atoms with Crippen molar-refractivity contribution in [3.63, 3.8) is 0 Å². The summed E-state index contributed by atoms with van der Waals surface area (Å²) in [4.78, 5) is 23.4. The Hall–Kier alpha value is -1.69. The van der Waals surface area contributed by atoms with Crippen LogP contribution in [0.2, 0.25) is 0 Å². The molecule has 1 saturated heterocycles. The Labute approximate surface area is 111 Å². The van der Waals surface area contributed by atoms with E-state index in [4.69, 9.17) is 4.74 Å². The van der Waals surface area contributed by atoms with Gasteiger partial charge in [0, 0.05) is 25.8 Å². The molecule has 1 aliphatic rings. The van der Waals surface area contributed by atoms with Gasteiger partial charge in [0.25, 0.3) is 11.5 Å². The van der Waals surface area contributed by atoms with Gasteiger partial charge in [-0.1, -0.05) is 6.92 Å². The zero-order chi connectivity index (χ0) is 13.7. The molecule has 0 spiro atoms. The molecule has 6 heteroatoms. The number of aromatic nitrogens is 2. The minimum Gasteiger partial charge on any atom is -0.376 e. The predicted octanol–water partition coefficient (Wildman–Crippen LogP) is 0.562. The van der Waals surface area contributed by atoms with Crippen LogP contribution in [0.1, 0.15) is 36.7 Å². The van der Waals surface area contributed by atoms with Gasteiger partial charge in [0.15, 0.2) is 0 Å². The zero-order valence-electron chi connectivity index (χ0n) is 11.1. The third-order valence-corrected chi connectivity index (χ3v) is 3.05. The number of carbonyl (C=O) groups is 1. The summed E-state index contributed by atoms with van der Waals surface area (Å²) in [7, 11) is 0. The Balaban J connectivity index is 1.97. The Morgan fingerprint density at radius 2 is 2.42 bits per heavy atom. The molecule has 1 aromatic heterocycles. The van der Waals surface area contributed by atoms with E-state index in [1.807, 2.05) is 6.92 Å². The van der Waals surface area contributed by atoms with Gasteiger partial charge in [0.1, 0.15) is 5.69 Å². The second-order valence-corrected chi connectivity index (χ2v) is 4.63. The number of hydrogen-bond donors (Lipinski definition) is 1. The summed E-state index contributed by atoms with van der Waals surface area (Å²) in [5.41, 5.74) is 0.0866. The second-order valence-electron chi connectivity index (χ2n) is 4.63. The summed E-state index contributed by atoms with van der Waals surface area (Å²) in [5, 5.41) is 6.85. The van der Waals surface area contributed by atoms with Gasteiger partial charge < -0.3 is 10.1 Å². The third-order valence-electron chi connectivity index (χ3n) is 3.05. The highest BCUT2D eigenvalue weighted by molar-refractivity contribution is 5.91. The quantitative estimate of drug-likeness (QED) is 0.844. The largest absolute Gasteiger partial charge is 0.376 e. The molecule has 0 bridgehead atoms. The maximum atomic E-state index is 11.9. The Morgan fingerprint density at radius 3 is 3.11 bits per heavy atom. The van der Waals surface area contributed by atoms with Crippen LogP contribution < -0.4 is 10.9 Å². The molecule has 6 nitrogen and oxygen atoms in total. The molecule has 0 saturated carbocycles. The van der Waals surface area contributed by atoms with Crippen LogP contribution >= 0.6 is 0 Å². The average molecular weight is 265 g/mol. The lowest BCUT2D eigenvalue weighted by molar-refractivity contribution is 0.0851. The SMILES string of the molecule is CCCn1nc(C(=O)NC[C@H]2CCCO2)ccc1=O. The molecule has 19 heavy (non-hydrogen) atoms. The highest BCUT2D eigenvalue weighted by Gasteiger charge is 2.17. The van der Waals surface area contributed by atoms with Crippen LogP contribution in [-0.4, -0.2) is 34.9 Å². The third kappa shape index (κ3) is 3.64. The first-order chi connectivity index (χ1) is 9.20. The molecule has 104 valence electrons. The minimum absolute atomic E-state index is 0.102. The van der Waals surface area contributed by atoms with E-state index < -0.39 is 0 Å². The van der Waals surface area contributed by atoms with Crippen molar-refractivity contribution >= 4 is 5.91 Å². The summed E-state index contributed by atoms with van der Waals surface area (Å²) < 4.78 is 6.75. The Kier molecular flexibility index (Phi) is 4.68. The summed E-state index contributed by atoms with van der Waals surface area (Å²) in [6.45, 7) is 3.73. The summed E-state index contributed by atoms with van der Waals surface area (Å²) in [5.74, 6) is -0.264. The molecule has 1 amide bonds. The van der Waals surface area contributed by atoms with E-state index in [1.165, 1.54) is 16.8 Å². The molecule has 2 heterocycles. The van der Waals surface area contributed by atoms with Crippen LogP contribution in [0.4, 0.5) is 0 Å². The van der Waals surface area contributed by atoms with E-state index in [0.717, 1.165) is 25.9 Å². The van der Waals surface area contributed by atoms with Gasteiger partial charge in [-0.2, -0.15) is 5.10 Å². The van der Waals surface area contributed by atoms with Crippen LogP contribution in [-0.2, 0) is 11.3 Å². The van der Waals surface area contributed by atoms with Crippen molar-refractivity contribution in [1.82, 2.24) is 15.1 Å². The lowest BCUT2D eigenvalue weighted by Crippen LogP contribution is -2.34. The van der Waals surface area contributed by atoms with Gasteiger partial charge in [-0.25, -0.2) is 4.68 Å². The lowest BCUT2D eigenvalue weighted by Gasteiger charge is -2.11. The highest BCUT2D eigenvalue weighted by Crippen LogP contribution is 2.10. The van der Waals surface area contributed by atoms with E-state index in [-0.39, 0.29) is 23.3 Å². The maximum Gasteiger partial charge on any atom is 0.271 e. The van der Waals surface area contributed by atoms with Gasteiger partial charge in [-0.05, 0) is 25.3 Å². The minimum atomic E-state index is -0.264. The van der Waals surface area contributed by atoms with E-state index >= 15 is 0 Å². The number of aryl methyl sites for hydroxylation is 1. The van der Waals surface area contributed by atoms with Crippen LogP contribution in [0, 0.1) is 0 Å². The first kappa shape index (κ1) is 13.7. The van der Waals surface area contributed by atoms with Crippen LogP contribution in [0.25, 0.3) is 0 Å². The molecule has 0 radical (unpaired) electrons. The molecule has 1 atom stereocenters. The maximum absolute atomic E-state index is 11.9. The fraction of sp³-hybridized carbons (Fsp3) is 0.615. The molecule has 1 aliphatic heterocycles. The lowest BCUT2D eigenvalue weighted by atomic mass is 10.2. The summed E-state index contributed by atoms with van der Waals surface area (Å²) >= 11 is 0. The fourth-order valence-corrected chi connectivity index (χ4v) is 2.04. The van der Waals surface area contributed by atoms with Crippen molar-refractivity contribution in [2.75, 3.05) is 13.2 Å². The number of nitrogens with zero attached hydrogens (tertiary/aromatic N) is 2. The normalized spacial score (nSPS) is 18.5. The van der Waals surface area contributed by atoms with Crippen molar-refractivity contribution in [2.45, 2.75) is 38.8 Å².